The van der Waals surface area contributed by atoms with Crippen LogP contribution in [0.1, 0.15) is 47.5 Å². The van der Waals surface area contributed by atoms with Crippen molar-refractivity contribution in [2.75, 3.05) is 38.5 Å². The molecule has 2 unspecified atom stereocenters. The van der Waals surface area contributed by atoms with Crippen LogP contribution in [0, 0.1) is 5.92 Å². The number of fused-ring (bicyclic) bond motifs is 1. The summed E-state index contributed by atoms with van der Waals surface area (Å²) in [5.74, 6) is 3.09. The van der Waals surface area contributed by atoms with Gasteiger partial charge >= 0.3 is 0 Å². The number of likely N-dealkylation sites (tertiary alicyclic amines) is 1. The van der Waals surface area contributed by atoms with E-state index < -0.39 is 0 Å². The van der Waals surface area contributed by atoms with E-state index in [1.165, 1.54) is 10.4 Å². The zero-order valence-electron chi connectivity index (χ0n) is 18.6. The zero-order chi connectivity index (χ0) is 21.4. The number of rotatable bonds is 4. The van der Waals surface area contributed by atoms with Gasteiger partial charge in [0.05, 0.1) is 17.8 Å². The lowest BCUT2D eigenvalue weighted by Crippen LogP contribution is -2.48. The van der Waals surface area contributed by atoms with E-state index >= 15 is 0 Å². The number of aromatic nitrogens is 1. The van der Waals surface area contributed by atoms with Crippen molar-refractivity contribution in [3.05, 3.63) is 40.5 Å². The molecule has 1 amide bonds. The van der Waals surface area contributed by atoms with Gasteiger partial charge < -0.3 is 14.2 Å². The van der Waals surface area contributed by atoms with Crippen molar-refractivity contribution >= 4 is 29.0 Å². The Bertz CT molecular complexity index is 892. The van der Waals surface area contributed by atoms with Gasteiger partial charge in [-0.05, 0) is 62.5 Å². The van der Waals surface area contributed by atoms with Gasteiger partial charge in [-0.25, -0.2) is 0 Å². The summed E-state index contributed by atoms with van der Waals surface area (Å²) in [6.45, 7) is 9.30. The molecule has 5 nitrogen and oxygen atoms in total. The number of piperidine rings is 1. The van der Waals surface area contributed by atoms with Gasteiger partial charge in [-0.2, -0.15) is 11.8 Å². The number of amides is 1. The summed E-state index contributed by atoms with van der Waals surface area (Å²) in [6, 6.07) is 4.08. The van der Waals surface area contributed by atoms with Crippen LogP contribution in [0.25, 0.3) is 5.00 Å². The first kappa shape index (κ1) is 21.6. The first-order valence-electron chi connectivity index (χ1n) is 11.6. The Morgan fingerprint density at radius 3 is 2.55 bits per heavy atom. The molecule has 5 rings (SSSR count). The second-order valence-corrected chi connectivity index (χ2v) is 11.5. The van der Waals surface area contributed by atoms with Crippen molar-refractivity contribution in [1.29, 1.82) is 0 Å². The van der Waals surface area contributed by atoms with Crippen molar-refractivity contribution < 1.29 is 9.53 Å². The number of carbonyl (C=O) groups excluding carboxylic acids is 1. The van der Waals surface area contributed by atoms with Crippen LogP contribution in [0.4, 0.5) is 0 Å². The average Bonchev–Trinajstić information content (AvgIpc) is 3.41. The summed E-state index contributed by atoms with van der Waals surface area (Å²) < 4.78 is 8.02. The molecule has 5 heterocycles. The molecule has 31 heavy (non-hydrogen) atoms. The van der Waals surface area contributed by atoms with Crippen LogP contribution in [0.15, 0.2) is 24.5 Å². The highest BCUT2D eigenvalue weighted by Gasteiger charge is 2.32. The van der Waals surface area contributed by atoms with Gasteiger partial charge in [0.15, 0.2) is 0 Å². The lowest BCUT2D eigenvalue weighted by atomic mass is 9.94. The number of nitrogens with zero attached hydrogens (tertiary/aromatic N) is 3. The monoisotopic (exact) mass is 459 g/mol. The SMILES string of the molecule is CC1CN(CC2CCN(C(=O)c3c(-n4cccc4)sc4c3CCSC4)CC2)CC(C)O1. The first-order chi connectivity index (χ1) is 15.1. The maximum Gasteiger partial charge on any atom is 0.257 e. The van der Waals surface area contributed by atoms with Crippen LogP contribution in [-0.4, -0.2) is 71.0 Å². The van der Waals surface area contributed by atoms with Gasteiger partial charge in [0.1, 0.15) is 5.00 Å². The predicted octanol–water partition coefficient (Wildman–Crippen LogP) is 4.29. The molecule has 0 saturated carbocycles. The molecule has 0 aromatic carbocycles. The van der Waals surface area contributed by atoms with Crippen LogP contribution in [-0.2, 0) is 16.9 Å². The predicted molar refractivity (Wildman–Crippen MR) is 129 cm³/mol. The molecule has 0 radical (unpaired) electrons. The molecule has 2 atom stereocenters. The molecular weight excluding hydrogens is 426 g/mol. The van der Waals surface area contributed by atoms with E-state index in [-0.39, 0.29) is 5.91 Å². The Balaban J connectivity index is 1.27. The molecule has 2 aromatic heterocycles. The molecule has 0 bridgehead atoms. The van der Waals surface area contributed by atoms with Crippen molar-refractivity contribution in [3.63, 3.8) is 0 Å². The van der Waals surface area contributed by atoms with E-state index in [4.69, 9.17) is 4.74 Å². The summed E-state index contributed by atoms with van der Waals surface area (Å²) in [7, 11) is 0. The standard InChI is InChI=1S/C24H33N3O2S2/c1-17-13-25(14-18(2)29-17)15-19-5-10-26(11-6-19)23(28)22-20-7-12-30-16-21(20)31-24(22)27-8-3-4-9-27/h3-4,8-9,17-19H,5-7,10-16H2,1-2H3. The number of thiophene rings is 1. The molecule has 168 valence electrons. The van der Waals surface area contributed by atoms with E-state index in [1.807, 2.05) is 35.2 Å². The number of ether oxygens (including phenoxy) is 1. The van der Waals surface area contributed by atoms with Crippen LogP contribution in [0.2, 0.25) is 0 Å². The molecule has 3 aliphatic heterocycles. The smallest absolute Gasteiger partial charge is 0.257 e. The highest BCUT2D eigenvalue weighted by molar-refractivity contribution is 7.98. The largest absolute Gasteiger partial charge is 0.373 e. The Morgan fingerprint density at radius 2 is 1.84 bits per heavy atom. The minimum absolute atomic E-state index is 0.250. The molecule has 0 aliphatic carbocycles. The molecule has 2 saturated heterocycles. The quantitative estimate of drug-likeness (QED) is 0.684. The van der Waals surface area contributed by atoms with Crippen LogP contribution in [0.3, 0.4) is 0 Å². The summed E-state index contributed by atoms with van der Waals surface area (Å²) in [5.41, 5.74) is 2.29. The maximum atomic E-state index is 13.7. The van der Waals surface area contributed by atoms with Crippen LogP contribution >= 0.6 is 23.1 Å². The molecule has 3 aliphatic rings. The third-order valence-electron chi connectivity index (χ3n) is 6.77. The van der Waals surface area contributed by atoms with Crippen molar-refractivity contribution in [2.24, 2.45) is 5.92 Å². The van der Waals surface area contributed by atoms with Gasteiger partial charge in [-0.15, -0.1) is 11.3 Å². The number of carbonyl (C=O) groups is 1. The van der Waals surface area contributed by atoms with E-state index in [1.54, 1.807) is 0 Å². The third kappa shape index (κ3) is 4.61. The van der Waals surface area contributed by atoms with Gasteiger partial charge in [0, 0.05) is 55.7 Å². The van der Waals surface area contributed by atoms with Crippen molar-refractivity contribution in [3.8, 4) is 5.00 Å². The fraction of sp³-hybridized carbons (Fsp3) is 0.625. The van der Waals surface area contributed by atoms with Gasteiger partial charge in [-0.3, -0.25) is 9.69 Å². The minimum atomic E-state index is 0.250. The lowest BCUT2D eigenvalue weighted by Gasteiger charge is -2.39. The summed E-state index contributed by atoms with van der Waals surface area (Å²) in [4.78, 5) is 19.8. The summed E-state index contributed by atoms with van der Waals surface area (Å²) in [5, 5.41) is 1.11. The Morgan fingerprint density at radius 1 is 1.13 bits per heavy atom. The maximum absolute atomic E-state index is 13.7. The van der Waals surface area contributed by atoms with Crippen LogP contribution < -0.4 is 0 Å². The number of hydrogen-bond acceptors (Lipinski definition) is 5. The fourth-order valence-corrected chi connectivity index (χ4v) is 7.80. The molecule has 2 aromatic rings. The van der Waals surface area contributed by atoms with E-state index in [2.05, 4.69) is 40.6 Å². The topological polar surface area (TPSA) is 37.7 Å². The van der Waals surface area contributed by atoms with Crippen molar-refractivity contribution in [1.82, 2.24) is 14.4 Å². The molecule has 0 spiro atoms. The summed E-state index contributed by atoms with van der Waals surface area (Å²) >= 11 is 3.80. The summed E-state index contributed by atoms with van der Waals surface area (Å²) in [6.07, 6.45) is 8.00. The van der Waals surface area contributed by atoms with Gasteiger partial charge in [-0.1, -0.05) is 0 Å². The highest BCUT2D eigenvalue weighted by Crippen LogP contribution is 2.39. The first-order valence-corrected chi connectivity index (χ1v) is 13.6. The Hall–Kier alpha value is -1.28. The van der Waals surface area contributed by atoms with Gasteiger partial charge in [0.2, 0.25) is 0 Å². The second kappa shape index (κ2) is 9.30. The van der Waals surface area contributed by atoms with E-state index in [0.29, 0.717) is 18.1 Å². The Kier molecular flexibility index (Phi) is 6.47. The Labute approximate surface area is 193 Å². The fourth-order valence-electron chi connectivity index (χ4n) is 5.37. The molecule has 2 fully saturated rings. The number of thioether (sulfide) groups is 1. The molecular formula is C24H33N3O2S2. The van der Waals surface area contributed by atoms with E-state index in [0.717, 1.165) is 74.1 Å². The third-order valence-corrected chi connectivity index (χ3v) is 9.18. The van der Waals surface area contributed by atoms with E-state index in [9.17, 15) is 4.79 Å². The van der Waals surface area contributed by atoms with Crippen molar-refractivity contribution in [2.45, 2.75) is 51.1 Å². The molecule has 7 heteroatoms. The highest BCUT2D eigenvalue weighted by atomic mass is 32.2. The number of morpholine rings is 1. The number of hydrogen-bond donors (Lipinski definition) is 0. The van der Waals surface area contributed by atoms with Crippen LogP contribution in [0.5, 0.6) is 0 Å². The lowest BCUT2D eigenvalue weighted by molar-refractivity contribution is -0.0728. The zero-order valence-corrected chi connectivity index (χ0v) is 20.2. The normalized spacial score (nSPS) is 25.5. The molecule has 0 N–H and O–H groups in total. The van der Waals surface area contributed by atoms with Gasteiger partial charge in [0.25, 0.3) is 5.91 Å². The minimum Gasteiger partial charge on any atom is -0.373 e. The second-order valence-electron chi connectivity index (χ2n) is 9.29. The average molecular weight is 460 g/mol.